The van der Waals surface area contributed by atoms with Gasteiger partial charge in [0.25, 0.3) is 0 Å². The Hall–Kier alpha value is -1.59. The van der Waals surface area contributed by atoms with E-state index in [9.17, 15) is 4.79 Å². The van der Waals surface area contributed by atoms with Gasteiger partial charge in [-0.25, -0.2) is 4.79 Å². The fourth-order valence-corrected chi connectivity index (χ4v) is 3.12. The molecule has 0 unspecified atom stereocenters. The molecule has 5 heteroatoms. The summed E-state index contributed by atoms with van der Waals surface area (Å²) in [5.74, 6) is 0.253. The van der Waals surface area contributed by atoms with Crippen molar-refractivity contribution in [3.05, 3.63) is 35.9 Å². The van der Waals surface area contributed by atoms with E-state index >= 15 is 0 Å². The van der Waals surface area contributed by atoms with E-state index in [0.29, 0.717) is 0 Å². The zero-order valence-electron chi connectivity index (χ0n) is 15.4. The zero-order chi connectivity index (χ0) is 17.7. The molecule has 0 saturated carbocycles. The van der Waals surface area contributed by atoms with Gasteiger partial charge in [0.1, 0.15) is 5.60 Å². The molecule has 2 rings (SSSR count). The minimum Gasteiger partial charge on any atom is -0.444 e. The van der Waals surface area contributed by atoms with Crippen molar-refractivity contribution in [1.82, 2.24) is 10.2 Å². The van der Waals surface area contributed by atoms with Crippen molar-refractivity contribution in [3.63, 3.8) is 0 Å². The Balaban J connectivity index is 2.08. The van der Waals surface area contributed by atoms with E-state index in [-0.39, 0.29) is 24.2 Å². The predicted molar refractivity (Wildman–Crippen MR) is 95.3 cm³/mol. The van der Waals surface area contributed by atoms with Crippen molar-refractivity contribution in [1.29, 1.82) is 0 Å². The average Bonchev–Trinajstić information content (AvgIpc) is 2.88. The lowest BCUT2D eigenvalue weighted by Gasteiger charge is -2.24. The lowest BCUT2D eigenvalue weighted by atomic mass is 9.94. The van der Waals surface area contributed by atoms with Crippen molar-refractivity contribution in [2.24, 2.45) is 0 Å². The quantitative estimate of drug-likeness (QED) is 0.899. The highest BCUT2D eigenvalue weighted by atomic mass is 16.6. The number of hydrogen-bond acceptors (Lipinski definition) is 4. The number of nitrogens with one attached hydrogen (secondary N) is 1. The molecule has 0 spiro atoms. The summed E-state index contributed by atoms with van der Waals surface area (Å²) < 4.78 is 10.8. The highest BCUT2D eigenvalue weighted by Gasteiger charge is 2.36. The minimum absolute atomic E-state index is 0.0336. The van der Waals surface area contributed by atoms with E-state index in [1.807, 2.05) is 39.0 Å². The number of carbonyl (C=O) groups is 1. The fourth-order valence-electron chi connectivity index (χ4n) is 3.12. The van der Waals surface area contributed by atoms with Gasteiger partial charge in [-0.05, 0) is 33.3 Å². The first-order valence-corrected chi connectivity index (χ1v) is 8.58. The Labute approximate surface area is 145 Å². The van der Waals surface area contributed by atoms with Gasteiger partial charge in [0.2, 0.25) is 0 Å². The van der Waals surface area contributed by atoms with E-state index in [2.05, 4.69) is 29.3 Å². The largest absolute Gasteiger partial charge is 0.444 e. The Bertz CT molecular complexity index is 527. The van der Waals surface area contributed by atoms with Gasteiger partial charge in [0, 0.05) is 32.7 Å². The zero-order valence-corrected chi connectivity index (χ0v) is 15.4. The monoisotopic (exact) mass is 334 g/mol. The summed E-state index contributed by atoms with van der Waals surface area (Å²) in [5, 5.41) is 3.06. The van der Waals surface area contributed by atoms with Crippen LogP contribution >= 0.6 is 0 Å². The number of likely N-dealkylation sites (tertiary alicyclic amines) is 1. The Morgan fingerprint density at radius 2 is 1.96 bits per heavy atom. The topological polar surface area (TPSA) is 50.8 Å². The van der Waals surface area contributed by atoms with Crippen molar-refractivity contribution < 1.29 is 14.3 Å². The van der Waals surface area contributed by atoms with Gasteiger partial charge in [-0.3, -0.25) is 4.90 Å². The third-order valence-electron chi connectivity index (χ3n) is 4.24. The van der Waals surface area contributed by atoms with Gasteiger partial charge in [-0.1, -0.05) is 30.3 Å². The SMILES string of the molecule is CO[C@@H](C)CN1C[C@@H](NC(=O)OC(C)(C)C)[C@H](c2ccccc2)C1. The summed E-state index contributed by atoms with van der Waals surface area (Å²) in [6.45, 7) is 10.2. The van der Waals surface area contributed by atoms with E-state index in [1.165, 1.54) is 5.56 Å². The fraction of sp³-hybridized carbons (Fsp3) is 0.632. The molecule has 0 bridgehead atoms. The number of nitrogens with zero attached hydrogens (tertiary/aromatic N) is 1. The molecule has 1 fully saturated rings. The highest BCUT2D eigenvalue weighted by Crippen LogP contribution is 2.28. The Morgan fingerprint density at radius 1 is 1.29 bits per heavy atom. The third kappa shape index (κ3) is 5.49. The molecule has 1 saturated heterocycles. The van der Waals surface area contributed by atoms with E-state index in [1.54, 1.807) is 7.11 Å². The van der Waals surface area contributed by atoms with Crippen molar-refractivity contribution in [3.8, 4) is 0 Å². The first-order valence-electron chi connectivity index (χ1n) is 8.58. The second kappa shape index (κ2) is 7.99. The van der Waals surface area contributed by atoms with E-state index in [0.717, 1.165) is 19.6 Å². The first kappa shape index (κ1) is 18.7. The van der Waals surface area contributed by atoms with Crippen molar-refractivity contribution in [2.75, 3.05) is 26.7 Å². The summed E-state index contributed by atoms with van der Waals surface area (Å²) in [7, 11) is 1.73. The van der Waals surface area contributed by atoms with Gasteiger partial charge >= 0.3 is 6.09 Å². The lowest BCUT2D eigenvalue weighted by Crippen LogP contribution is -2.43. The molecule has 0 aliphatic carbocycles. The van der Waals surface area contributed by atoms with Crippen LogP contribution in [0.3, 0.4) is 0 Å². The van der Waals surface area contributed by atoms with Gasteiger partial charge in [-0.2, -0.15) is 0 Å². The molecule has 1 aromatic rings. The molecule has 1 heterocycles. The number of hydrogen-bond donors (Lipinski definition) is 1. The molecular formula is C19H30N2O3. The van der Waals surface area contributed by atoms with Crippen LogP contribution in [0.15, 0.2) is 30.3 Å². The van der Waals surface area contributed by atoms with Crippen LogP contribution < -0.4 is 5.32 Å². The van der Waals surface area contributed by atoms with Gasteiger partial charge in [-0.15, -0.1) is 0 Å². The number of alkyl carbamates (subject to hydrolysis) is 1. The van der Waals surface area contributed by atoms with Crippen LogP contribution in [0.5, 0.6) is 0 Å². The molecule has 1 amide bonds. The molecule has 134 valence electrons. The summed E-state index contributed by atoms with van der Waals surface area (Å²) in [4.78, 5) is 14.5. The smallest absolute Gasteiger partial charge is 0.407 e. The number of ether oxygens (including phenoxy) is 2. The van der Waals surface area contributed by atoms with Crippen molar-refractivity contribution >= 4 is 6.09 Å². The maximum absolute atomic E-state index is 12.2. The number of methoxy groups -OCH3 is 1. The average molecular weight is 334 g/mol. The standard InChI is InChI=1S/C19H30N2O3/c1-14(23-5)11-21-12-16(15-9-7-6-8-10-15)17(13-21)20-18(22)24-19(2,3)4/h6-10,14,16-17H,11-13H2,1-5H3,(H,20,22)/t14-,16-,17+/m0/s1. The van der Waals surface area contributed by atoms with Crippen LogP contribution in [0.2, 0.25) is 0 Å². The molecule has 1 aliphatic heterocycles. The Morgan fingerprint density at radius 3 is 2.54 bits per heavy atom. The molecule has 1 aromatic carbocycles. The number of carbonyl (C=O) groups excluding carboxylic acids is 1. The van der Waals surface area contributed by atoms with Crippen molar-refractivity contribution in [2.45, 2.75) is 51.4 Å². The summed E-state index contributed by atoms with van der Waals surface area (Å²) in [5.41, 5.74) is 0.751. The number of rotatable bonds is 5. The van der Waals surface area contributed by atoms with Crippen LogP contribution in [0.25, 0.3) is 0 Å². The molecule has 5 nitrogen and oxygen atoms in total. The van der Waals surface area contributed by atoms with E-state index < -0.39 is 5.60 Å². The minimum atomic E-state index is -0.491. The van der Waals surface area contributed by atoms with Crippen LogP contribution in [-0.2, 0) is 9.47 Å². The molecule has 0 radical (unpaired) electrons. The third-order valence-corrected chi connectivity index (χ3v) is 4.24. The maximum Gasteiger partial charge on any atom is 0.407 e. The van der Waals surface area contributed by atoms with Crippen LogP contribution in [0, 0.1) is 0 Å². The second-order valence-corrected chi connectivity index (χ2v) is 7.53. The normalized spacial score (nSPS) is 23.0. The maximum atomic E-state index is 12.2. The first-order chi connectivity index (χ1) is 11.3. The molecule has 1 N–H and O–H groups in total. The Kier molecular flexibility index (Phi) is 6.24. The molecular weight excluding hydrogens is 304 g/mol. The van der Waals surface area contributed by atoms with Crippen LogP contribution in [0.4, 0.5) is 4.79 Å². The summed E-state index contributed by atoms with van der Waals surface area (Å²) in [6, 6.07) is 10.4. The molecule has 1 aliphatic rings. The predicted octanol–water partition coefficient (Wildman–Crippen LogP) is 3.01. The van der Waals surface area contributed by atoms with Crippen LogP contribution in [-0.4, -0.2) is 55.5 Å². The lowest BCUT2D eigenvalue weighted by molar-refractivity contribution is 0.0499. The summed E-state index contributed by atoms with van der Waals surface area (Å²) in [6.07, 6.45) is -0.184. The molecule has 0 aromatic heterocycles. The molecule has 24 heavy (non-hydrogen) atoms. The second-order valence-electron chi connectivity index (χ2n) is 7.53. The highest BCUT2D eigenvalue weighted by molar-refractivity contribution is 5.68. The number of amides is 1. The summed E-state index contributed by atoms with van der Waals surface area (Å²) >= 11 is 0. The van der Waals surface area contributed by atoms with E-state index in [4.69, 9.17) is 9.47 Å². The van der Waals surface area contributed by atoms with Gasteiger partial charge in [0.15, 0.2) is 0 Å². The van der Waals surface area contributed by atoms with Gasteiger partial charge in [0.05, 0.1) is 12.1 Å². The molecule has 3 atom stereocenters. The van der Waals surface area contributed by atoms with Crippen LogP contribution in [0.1, 0.15) is 39.2 Å². The van der Waals surface area contributed by atoms with Gasteiger partial charge < -0.3 is 14.8 Å². The number of benzene rings is 1.